The highest BCUT2D eigenvalue weighted by atomic mass is 16.7. The van der Waals surface area contributed by atoms with Crippen molar-refractivity contribution >= 4 is 6.16 Å². The van der Waals surface area contributed by atoms with Crippen molar-refractivity contribution in [1.29, 1.82) is 0 Å². The molecule has 3 nitrogen and oxygen atoms in total. The molecule has 0 unspecified atom stereocenters. The van der Waals surface area contributed by atoms with Crippen molar-refractivity contribution in [3.05, 3.63) is 77.9 Å². The first-order valence-electron chi connectivity index (χ1n) is 11.9. The van der Waals surface area contributed by atoms with E-state index in [1.54, 1.807) is 6.07 Å². The minimum Gasteiger partial charge on any atom is -0.449 e. The van der Waals surface area contributed by atoms with Gasteiger partial charge in [0.2, 0.25) is 0 Å². The number of carbonyl (C=O) groups is 1. The lowest BCUT2D eigenvalue weighted by Crippen LogP contribution is -2.05. The van der Waals surface area contributed by atoms with Crippen LogP contribution in [-0.4, -0.2) is 11.3 Å². The molecule has 0 aliphatic carbocycles. The van der Waals surface area contributed by atoms with E-state index in [0.29, 0.717) is 5.75 Å². The van der Waals surface area contributed by atoms with Crippen LogP contribution in [0.25, 0.3) is 22.3 Å². The first-order chi connectivity index (χ1) is 15.7. The van der Waals surface area contributed by atoms with Gasteiger partial charge in [-0.1, -0.05) is 100 Å². The van der Waals surface area contributed by atoms with Gasteiger partial charge in [0.1, 0.15) is 5.75 Å². The zero-order chi connectivity index (χ0) is 22.8. The largest absolute Gasteiger partial charge is 0.511 e. The molecule has 32 heavy (non-hydrogen) atoms. The molecule has 3 rings (SSSR count). The molecule has 0 heterocycles. The zero-order valence-electron chi connectivity index (χ0n) is 19.3. The third-order valence-electron chi connectivity index (χ3n) is 5.93. The van der Waals surface area contributed by atoms with E-state index in [0.717, 1.165) is 36.0 Å². The van der Waals surface area contributed by atoms with Crippen LogP contribution < -0.4 is 4.74 Å². The molecular formula is C29H34O3. The molecule has 168 valence electrons. The molecular weight excluding hydrogens is 396 g/mol. The summed E-state index contributed by atoms with van der Waals surface area (Å²) in [6.07, 6.45) is 7.98. The van der Waals surface area contributed by atoms with E-state index >= 15 is 0 Å². The Morgan fingerprint density at radius 3 is 2.09 bits per heavy atom. The van der Waals surface area contributed by atoms with E-state index < -0.39 is 6.16 Å². The van der Waals surface area contributed by atoms with Crippen LogP contribution in [0.5, 0.6) is 5.75 Å². The van der Waals surface area contributed by atoms with Crippen LogP contribution in [0.4, 0.5) is 4.79 Å². The molecule has 0 aliphatic heterocycles. The van der Waals surface area contributed by atoms with Crippen LogP contribution >= 0.6 is 0 Å². The lowest BCUT2D eigenvalue weighted by Gasteiger charge is -2.19. The maximum atomic E-state index is 11.4. The summed E-state index contributed by atoms with van der Waals surface area (Å²) in [5, 5.41) is 9.34. The van der Waals surface area contributed by atoms with Crippen LogP contribution in [0.2, 0.25) is 0 Å². The molecule has 0 aliphatic rings. The third kappa shape index (κ3) is 6.00. The Labute approximate surface area is 192 Å². The Morgan fingerprint density at radius 2 is 1.41 bits per heavy atom. The highest BCUT2D eigenvalue weighted by molar-refractivity contribution is 5.90. The molecule has 0 spiro atoms. The number of hydrogen-bond acceptors (Lipinski definition) is 2. The van der Waals surface area contributed by atoms with Crippen LogP contribution in [-0.2, 0) is 12.8 Å². The van der Waals surface area contributed by atoms with Gasteiger partial charge >= 0.3 is 6.16 Å². The second-order valence-corrected chi connectivity index (χ2v) is 8.27. The number of ether oxygens (including phenoxy) is 1. The van der Waals surface area contributed by atoms with E-state index in [9.17, 15) is 9.90 Å². The quantitative estimate of drug-likeness (QED) is 0.188. The fraction of sp³-hybridized carbons (Fsp3) is 0.345. The summed E-state index contributed by atoms with van der Waals surface area (Å²) >= 11 is 0. The Balaban J connectivity index is 2.17. The monoisotopic (exact) mass is 430 g/mol. The number of benzene rings is 3. The van der Waals surface area contributed by atoms with Crippen LogP contribution in [0.15, 0.2) is 66.7 Å². The van der Waals surface area contributed by atoms with Gasteiger partial charge in [-0.15, -0.1) is 0 Å². The summed E-state index contributed by atoms with van der Waals surface area (Å²) in [5.74, 6) is 0.372. The zero-order valence-corrected chi connectivity index (χ0v) is 19.3. The molecule has 0 bridgehead atoms. The number of carboxylic acid groups (broad SMARTS) is 1. The average Bonchev–Trinajstić information content (AvgIpc) is 2.80. The molecule has 0 aromatic heterocycles. The number of aryl methyl sites for hydroxylation is 1. The minimum absolute atomic E-state index is 0.372. The molecule has 1 N–H and O–H groups in total. The molecule has 0 fully saturated rings. The SMILES string of the molecule is CCCCCc1cccc(-c2cccc(OC(=O)O)c2-c2ccccc2)c1CCCCC. The lowest BCUT2D eigenvalue weighted by atomic mass is 9.86. The van der Waals surface area contributed by atoms with Gasteiger partial charge in [-0.2, -0.15) is 0 Å². The standard InChI is InChI=1S/C29H34O3/c1-3-5-8-14-22-17-12-19-25(24(22)18-9-6-4-2)26-20-13-21-27(32-29(30)31)28(26)23-15-10-7-11-16-23/h7,10-13,15-17,19-21H,3-6,8-9,14,18H2,1-2H3,(H,30,31). The fourth-order valence-corrected chi connectivity index (χ4v) is 4.37. The highest BCUT2D eigenvalue weighted by Gasteiger charge is 2.19. The minimum atomic E-state index is -1.30. The van der Waals surface area contributed by atoms with Crippen molar-refractivity contribution in [2.45, 2.75) is 65.2 Å². The van der Waals surface area contributed by atoms with Crippen molar-refractivity contribution in [3.8, 4) is 28.0 Å². The fourth-order valence-electron chi connectivity index (χ4n) is 4.37. The average molecular weight is 431 g/mol. The first kappa shape index (κ1) is 23.6. The van der Waals surface area contributed by atoms with Crippen molar-refractivity contribution in [1.82, 2.24) is 0 Å². The smallest absolute Gasteiger partial charge is 0.449 e. The predicted molar refractivity (Wildman–Crippen MR) is 132 cm³/mol. The summed E-state index contributed by atoms with van der Waals surface area (Å²) < 4.78 is 5.23. The van der Waals surface area contributed by atoms with Crippen LogP contribution in [0, 0.1) is 0 Å². The normalized spacial score (nSPS) is 10.8. The van der Waals surface area contributed by atoms with E-state index in [2.05, 4.69) is 38.1 Å². The topological polar surface area (TPSA) is 46.5 Å². The van der Waals surface area contributed by atoms with Gasteiger partial charge in [0.05, 0.1) is 0 Å². The summed E-state index contributed by atoms with van der Waals surface area (Å²) in [5.41, 5.74) is 6.80. The Morgan fingerprint density at radius 1 is 0.750 bits per heavy atom. The van der Waals surface area contributed by atoms with Gasteiger partial charge in [0.15, 0.2) is 0 Å². The van der Waals surface area contributed by atoms with Crippen molar-refractivity contribution < 1.29 is 14.6 Å². The van der Waals surface area contributed by atoms with Gasteiger partial charge in [0.25, 0.3) is 0 Å². The van der Waals surface area contributed by atoms with Gasteiger partial charge in [0, 0.05) is 5.56 Å². The highest BCUT2D eigenvalue weighted by Crippen LogP contribution is 2.41. The van der Waals surface area contributed by atoms with Crippen molar-refractivity contribution in [3.63, 3.8) is 0 Å². The number of rotatable bonds is 11. The Bertz CT molecular complexity index is 1010. The third-order valence-corrected chi connectivity index (χ3v) is 5.93. The molecule has 0 radical (unpaired) electrons. The number of unbranched alkanes of at least 4 members (excludes halogenated alkanes) is 4. The van der Waals surface area contributed by atoms with Gasteiger partial charge in [-0.25, -0.2) is 4.79 Å². The molecule has 0 amide bonds. The maximum Gasteiger partial charge on any atom is 0.511 e. The van der Waals surface area contributed by atoms with Crippen molar-refractivity contribution in [2.75, 3.05) is 0 Å². The Hall–Kier alpha value is -3.07. The van der Waals surface area contributed by atoms with Gasteiger partial charge in [-0.05, 0) is 59.6 Å². The summed E-state index contributed by atoms with van der Waals surface area (Å²) in [6.45, 7) is 4.47. The second-order valence-electron chi connectivity index (χ2n) is 8.27. The molecule has 0 saturated carbocycles. The molecule has 0 saturated heterocycles. The molecule has 3 aromatic carbocycles. The Kier molecular flexibility index (Phi) is 8.91. The second kappa shape index (κ2) is 12.1. The van der Waals surface area contributed by atoms with E-state index in [-0.39, 0.29) is 0 Å². The van der Waals surface area contributed by atoms with Crippen LogP contribution in [0.1, 0.15) is 63.5 Å². The molecule has 3 heteroatoms. The van der Waals surface area contributed by atoms with E-state index in [4.69, 9.17) is 4.74 Å². The van der Waals surface area contributed by atoms with Gasteiger partial charge in [-0.3, -0.25) is 0 Å². The summed E-state index contributed by atoms with van der Waals surface area (Å²) in [6, 6.07) is 22.2. The summed E-state index contributed by atoms with van der Waals surface area (Å²) in [4.78, 5) is 11.4. The lowest BCUT2D eigenvalue weighted by molar-refractivity contribution is 0.144. The van der Waals surface area contributed by atoms with Gasteiger partial charge < -0.3 is 9.84 Å². The number of hydrogen-bond donors (Lipinski definition) is 1. The molecule has 3 aromatic rings. The molecule has 0 atom stereocenters. The summed E-state index contributed by atoms with van der Waals surface area (Å²) in [7, 11) is 0. The van der Waals surface area contributed by atoms with Crippen LogP contribution in [0.3, 0.4) is 0 Å². The van der Waals surface area contributed by atoms with Crippen molar-refractivity contribution in [2.24, 2.45) is 0 Å². The maximum absolute atomic E-state index is 11.4. The predicted octanol–water partition coefficient (Wildman–Crippen LogP) is 8.54. The van der Waals surface area contributed by atoms with E-state index in [1.807, 2.05) is 36.4 Å². The first-order valence-corrected chi connectivity index (χ1v) is 11.9. The van der Waals surface area contributed by atoms with E-state index in [1.165, 1.54) is 48.8 Å².